The van der Waals surface area contributed by atoms with Crippen LogP contribution in [0.2, 0.25) is 0 Å². The third-order valence-corrected chi connectivity index (χ3v) is 3.79. The molecule has 2 N–H and O–H groups in total. The summed E-state index contributed by atoms with van der Waals surface area (Å²) in [6.07, 6.45) is -2.97. The Labute approximate surface area is 158 Å². The van der Waals surface area contributed by atoms with Gasteiger partial charge in [0, 0.05) is 5.69 Å². The Hall–Kier alpha value is -3.42. The highest BCUT2D eigenvalue weighted by Gasteiger charge is 2.30. The molecule has 0 aliphatic rings. The number of hydrogen-bond acceptors (Lipinski definition) is 3. The molecule has 0 radical (unpaired) electrons. The van der Waals surface area contributed by atoms with Crippen LogP contribution in [0.3, 0.4) is 0 Å². The molecule has 2 aromatic carbocycles. The maximum absolute atomic E-state index is 12.9. The lowest BCUT2D eigenvalue weighted by Crippen LogP contribution is -2.14. The second-order valence-corrected chi connectivity index (χ2v) is 5.99. The van der Waals surface area contributed by atoms with E-state index in [4.69, 9.17) is 0 Å². The number of nitrogens with zero attached hydrogens (tertiary/aromatic N) is 1. The van der Waals surface area contributed by atoms with E-state index in [-0.39, 0.29) is 23.8 Å². The van der Waals surface area contributed by atoms with Crippen LogP contribution < -0.4 is 10.6 Å². The summed E-state index contributed by atoms with van der Waals surface area (Å²) in [5.74, 6) is -0.347. The number of amides is 1. The van der Waals surface area contributed by atoms with Crippen molar-refractivity contribution >= 4 is 23.1 Å². The molecule has 0 saturated carbocycles. The van der Waals surface area contributed by atoms with E-state index >= 15 is 0 Å². The Morgan fingerprint density at radius 1 is 0.964 bits per heavy atom. The van der Waals surface area contributed by atoms with E-state index < -0.39 is 11.7 Å². The van der Waals surface area contributed by atoms with Crippen molar-refractivity contribution in [3.63, 3.8) is 0 Å². The predicted molar refractivity (Wildman–Crippen MR) is 97.7 cm³/mol. The maximum Gasteiger partial charge on any atom is 0.416 e. The summed E-state index contributed by atoms with van der Waals surface area (Å²) in [5, 5.41) is 5.44. The van der Waals surface area contributed by atoms with Crippen LogP contribution in [0.25, 0.3) is 0 Å². The minimum Gasteiger partial charge on any atom is -0.340 e. The molecule has 3 rings (SSSR count). The molecule has 0 bridgehead atoms. The zero-order chi connectivity index (χ0) is 20.1. The molecule has 4 nitrogen and oxygen atoms in total. The lowest BCUT2D eigenvalue weighted by atomic mass is 10.1. The summed E-state index contributed by atoms with van der Waals surface area (Å²) in [6, 6.07) is 13.5. The first-order valence-corrected chi connectivity index (χ1v) is 8.24. The number of benzene rings is 2. The third-order valence-electron chi connectivity index (χ3n) is 3.79. The number of carbonyl (C=O) groups excluding carboxylic acids is 1. The molecule has 0 unspecified atom stereocenters. The number of anilines is 3. The first kappa shape index (κ1) is 19.3. The van der Waals surface area contributed by atoms with Crippen molar-refractivity contribution in [2.24, 2.45) is 0 Å². The first-order valence-electron chi connectivity index (χ1n) is 8.24. The van der Waals surface area contributed by atoms with Crippen molar-refractivity contribution < 1.29 is 22.4 Å². The Morgan fingerprint density at radius 3 is 2.36 bits per heavy atom. The minimum atomic E-state index is -4.43. The summed E-state index contributed by atoms with van der Waals surface area (Å²) >= 11 is 0. The summed E-state index contributed by atoms with van der Waals surface area (Å²) in [5.41, 5.74) is 0.578. The molecule has 1 amide bonds. The highest BCUT2D eigenvalue weighted by Crippen LogP contribution is 2.31. The second-order valence-electron chi connectivity index (χ2n) is 5.99. The van der Waals surface area contributed by atoms with Gasteiger partial charge in [0.15, 0.2) is 0 Å². The number of carbonyl (C=O) groups is 1. The molecule has 0 aliphatic heterocycles. The molecule has 1 aromatic heterocycles. The summed E-state index contributed by atoms with van der Waals surface area (Å²) in [6.45, 7) is 0. The number of hydrogen-bond donors (Lipinski definition) is 2. The third kappa shape index (κ3) is 5.29. The first-order chi connectivity index (χ1) is 13.3. The smallest absolute Gasteiger partial charge is 0.340 e. The molecular formula is C20H15F4N3O. The topological polar surface area (TPSA) is 54.0 Å². The summed E-state index contributed by atoms with van der Waals surface area (Å²) < 4.78 is 51.1. The van der Waals surface area contributed by atoms with Gasteiger partial charge in [-0.2, -0.15) is 13.2 Å². The van der Waals surface area contributed by atoms with Crippen LogP contribution in [0.1, 0.15) is 11.1 Å². The van der Waals surface area contributed by atoms with Gasteiger partial charge in [0.1, 0.15) is 11.6 Å². The van der Waals surface area contributed by atoms with Gasteiger partial charge in [0.25, 0.3) is 0 Å². The Morgan fingerprint density at radius 2 is 1.71 bits per heavy atom. The molecule has 0 fully saturated rings. The average molecular weight is 389 g/mol. The number of aromatic nitrogens is 1. The number of nitrogens with one attached hydrogen (secondary N) is 2. The van der Waals surface area contributed by atoms with Crippen LogP contribution in [0.15, 0.2) is 66.9 Å². The van der Waals surface area contributed by atoms with Gasteiger partial charge in [0.05, 0.1) is 23.9 Å². The van der Waals surface area contributed by atoms with Crippen molar-refractivity contribution in [2.75, 3.05) is 10.6 Å². The van der Waals surface area contributed by atoms with Gasteiger partial charge < -0.3 is 10.6 Å². The van der Waals surface area contributed by atoms with Crippen LogP contribution >= 0.6 is 0 Å². The van der Waals surface area contributed by atoms with Gasteiger partial charge >= 0.3 is 6.18 Å². The molecule has 3 aromatic rings. The van der Waals surface area contributed by atoms with Gasteiger partial charge in [-0.15, -0.1) is 0 Å². The monoisotopic (exact) mass is 389 g/mol. The van der Waals surface area contributed by atoms with Crippen LogP contribution in [0.5, 0.6) is 0 Å². The van der Waals surface area contributed by atoms with E-state index in [1.54, 1.807) is 6.07 Å². The van der Waals surface area contributed by atoms with Gasteiger partial charge in [-0.25, -0.2) is 9.37 Å². The fraction of sp³-hybridized carbons (Fsp3) is 0.100. The average Bonchev–Trinajstić information content (AvgIpc) is 2.65. The van der Waals surface area contributed by atoms with Crippen LogP contribution in [0, 0.1) is 5.82 Å². The van der Waals surface area contributed by atoms with E-state index in [0.29, 0.717) is 17.1 Å². The largest absolute Gasteiger partial charge is 0.416 e. The Balaban J connectivity index is 1.60. The van der Waals surface area contributed by atoms with Gasteiger partial charge in [-0.3, -0.25) is 4.79 Å². The van der Waals surface area contributed by atoms with E-state index in [1.807, 2.05) is 0 Å². The number of halogens is 4. The van der Waals surface area contributed by atoms with E-state index in [1.165, 1.54) is 48.7 Å². The molecular weight excluding hydrogens is 374 g/mol. The fourth-order valence-corrected chi connectivity index (χ4v) is 2.46. The van der Waals surface area contributed by atoms with Crippen molar-refractivity contribution in [3.05, 3.63) is 83.8 Å². The van der Waals surface area contributed by atoms with Crippen molar-refractivity contribution in [3.8, 4) is 0 Å². The fourth-order valence-electron chi connectivity index (χ4n) is 2.46. The Bertz CT molecular complexity index is 954. The van der Waals surface area contributed by atoms with Crippen molar-refractivity contribution in [1.82, 2.24) is 4.98 Å². The number of pyridine rings is 1. The molecule has 0 aliphatic carbocycles. The SMILES string of the molecule is O=C(Cc1ccc(F)cc1)Nc1ccc(Nc2cccc(C(F)(F)F)c2)nc1. The summed E-state index contributed by atoms with van der Waals surface area (Å²) in [7, 11) is 0. The van der Waals surface area contributed by atoms with E-state index in [9.17, 15) is 22.4 Å². The number of alkyl halides is 3. The van der Waals surface area contributed by atoms with Gasteiger partial charge in [0.2, 0.25) is 5.91 Å². The normalized spacial score (nSPS) is 11.1. The Kier molecular flexibility index (Phi) is 5.58. The van der Waals surface area contributed by atoms with Crippen LogP contribution in [0.4, 0.5) is 34.8 Å². The molecule has 28 heavy (non-hydrogen) atoms. The lowest BCUT2D eigenvalue weighted by Gasteiger charge is -2.11. The van der Waals surface area contributed by atoms with Crippen LogP contribution in [-0.2, 0) is 17.4 Å². The molecule has 8 heteroatoms. The molecule has 0 atom stereocenters. The highest BCUT2D eigenvalue weighted by molar-refractivity contribution is 5.92. The van der Waals surface area contributed by atoms with E-state index in [0.717, 1.165) is 12.1 Å². The van der Waals surface area contributed by atoms with Crippen LogP contribution in [-0.4, -0.2) is 10.9 Å². The van der Waals surface area contributed by atoms with Gasteiger partial charge in [-0.1, -0.05) is 18.2 Å². The molecule has 144 valence electrons. The zero-order valence-corrected chi connectivity index (χ0v) is 14.4. The molecule has 0 saturated heterocycles. The molecule has 1 heterocycles. The maximum atomic E-state index is 12.9. The lowest BCUT2D eigenvalue weighted by molar-refractivity contribution is -0.137. The quantitative estimate of drug-likeness (QED) is 0.593. The number of rotatable bonds is 5. The van der Waals surface area contributed by atoms with E-state index in [2.05, 4.69) is 15.6 Å². The van der Waals surface area contributed by atoms with Gasteiger partial charge in [-0.05, 0) is 48.0 Å². The highest BCUT2D eigenvalue weighted by atomic mass is 19.4. The standard InChI is InChI=1S/C20H15F4N3O/c21-15-6-4-13(5-7-15)10-19(28)27-17-8-9-18(25-12-17)26-16-3-1-2-14(11-16)20(22,23)24/h1-9,11-12H,10H2,(H,25,26)(H,27,28). The zero-order valence-electron chi connectivity index (χ0n) is 14.4. The second kappa shape index (κ2) is 8.08. The minimum absolute atomic E-state index is 0.0739. The summed E-state index contributed by atoms with van der Waals surface area (Å²) in [4.78, 5) is 16.1. The predicted octanol–water partition coefficient (Wildman–Crippen LogP) is 5.16. The van der Waals surface area contributed by atoms with Crippen molar-refractivity contribution in [1.29, 1.82) is 0 Å². The molecule has 0 spiro atoms. The van der Waals surface area contributed by atoms with Crippen molar-refractivity contribution in [2.45, 2.75) is 12.6 Å².